The van der Waals surface area contributed by atoms with E-state index in [0.717, 1.165) is 39.7 Å². The standard InChI is InChI=1S/C15H18BrN3O2/c1-4-14-18-13(16)8-15(19-14)17-9-10-5-6-11(20-2)7-12(10)21-3/h5-8H,4,9H2,1-3H3,(H,17,18,19). The fraction of sp³-hybridized carbons (Fsp3) is 0.333. The number of rotatable bonds is 6. The second-order valence-electron chi connectivity index (χ2n) is 4.38. The lowest BCUT2D eigenvalue weighted by molar-refractivity contribution is 0.391. The molecule has 6 heteroatoms. The molecule has 5 nitrogen and oxygen atoms in total. The average Bonchev–Trinajstić information content (AvgIpc) is 2.52. The van der Waals surface area contributed by atoms with Crippen LogP contribution in [-0.4, -0.2) is 24.2 Å². The molecule has 0 unspecified atom stereocenters. The van der Waals surface area contributed by atoms with Gasteiger partial charge in [-0.15, -0.1) is 0 Å². The number of nitrogens with one attached hydrogen (secondary N) is 1. The Morgan fingerprint density at radius 3 is 2.62 bits per heavy atom. The molecule has 1 heterocycles. The summed E-state index contributed by atoms with van der Waals surface area (Å²) in [6, 6.07) is 7.61. The van der Waals surface area contributed by atoms with Gasteiger partial charge in [0, 0.05) is 30.7 Å². The Labute approximate surface area is 132 Å². The molecule has 0 atom stereocenters. The quantitative estimate of drug-likeness (QED) is 0.808. The SMILES string of the molecule is CCc1nc(Br)cc(NCc2ccc(OC)cc2OC)n1. The molecule has 0 radical (unpaired) electrons. The summed E-state index contributed by atoms with van der Waals surface area (Å²) < 4.78 is 11.4. The van der Waals surface area contributed by atoms with Crippen LogP contribution in [0.3, 0.4) is 0 Å². The summed E-state index contributed by atoms with van der Waals surface area (Å²) in [6.45, 7) is 2.64. The van der Waals surface area contributed by atoms with Crippen LogP contribution in [0.5, 0.6) is 11.5 Å². The van der Waals surface area contributed by atoms with Crippen LogP contribution >= 0.6 is 15.9 Å². The summed E-state index contributed by atoms with van der Waals surface area (Å²) in [4.78, 5) is 8.73. The minimum absolute atomic E-state index is 0.611. The van der Waals surface area contributed by atoms with Gasteiger partial charge in [-0.3, -0.25) is 0 Å². The molecule has 21 heavy (non-hydrogen) atoms. The zero-order valence-electron chi connectivity index (χ0n) is 12.3. The first kappa shape index (κ1) is 15.6. The van der Waals surface area contributed by atoms with Crippen molar-refractivity contribution in [1.82, 2.24) is 9.97 Å². The predicted molar refractivity (Wildman–Crippen MR) is 86.0 cm³/mol. The smallest absolute Gasteiger partial charge is 0.131 e. The van der Waals surface area contributed by atoms with Crippen LogP contribution in [0.4, 0.5) is 5.82 Å². The van der Waals surface area contributed by atoms with Crippen molar-refractivity contribution in [2.24, 2.45) is 0 Å². The summed E-state index contributed by atoms with van der Waals surface area (Å²) in [7, 11) is 3.28. The number of hydrogen-bond acceptors (Lipinski definition) is 5. The number of ether oxygens (including phenoxy) is 2. The Hall–Kier alpha value is -1.82. The minimum atomic E-state index is 0.611. The lowest BCUT2D eigenvalue weighted by Gasteiger charge is -2.12. The van der Waals surface area contributed by atoms with E-state index in [2.05, 4.69) is 31.2 Å². The van der Waals surface area contributed by atoms with E-state index in [9.17, 15) is 0 Å². The van der Waals surface area contributed by atoms with Crippen LogP contribution in [-0.2, 0) is 13.0 Å². The number of halogens is 1. The third kappa shape index (κ3) is 4.07. The Balaban J connectivity index is 2.14. The molecule has 1 N–H and O–H groups in total. The van der Waals surface area contributed by atoms with Crippen LogP contribution in [0.25, 0.3) is 0 Å². The van der Waals surface area contributed by atoms with Gasteiger partial charge in [-0.2, -0.15) is 0 Å². The Bertz CT molecular complexity index is 620. The fourth-order valence-corrected chi connectivity index (χ4v) is 2.32. The van der Waals surface area contributed by atoms with E-state index in [4.69, 9.17) is 9.47 Å². The molecular formula is C15H18BrN3O2. The molecule has 0 fully saturated rings. The van der Waals surface area contributed by atoms with Gasteiger partial charge >= 0.3 is 0 Å². The molecule has 0 amide bonds. The van der Waals surface area contributed by atoms with Crippen molar-refractivity contribution in [2.45, 2.75) is 19.9 Å². The van der Waals surface area contributed by atoms with Gasteiger partial charge in [0.25, 0.3) is 0 Å². The molecule has 0 spiro atoms. The molecule has 0 aliphatic rings. The first-order chi connectivity index (χ1) is 10.2. The second kappa shape index (κ2) is 7.26. The minimum Gasteiger partial charge on any atom is -0.497 e. The van der Waals surface area contributed by atoms with Gasteiger partial charge in [0.15, 0.2) is 0 Å². The van der Waals surface area contributed by atoms with Gasteiger partial charge < -0.3 is 14.8 Å². The highest BCUT2D eigenvalue weighted by molar-refractivity contribution is 9.10. The van der Waals surface area contributed by atoms with E-state index in [-0.39, 0.29) is 0 Å². The lowest BCUT2D eigenvalue weighted by atomic mass is 10.2. The first-order valence-corrected chi connectivity index (χ1v) is 7.43. The monoisotopic (exact) mass is 351 g/mol. The van der Waals surface area contributed by atoms with E-state index in [1.54, 1.807) is 14.2 Å². The van der Waals surface area contributed by atoms with Gasteiger partial charge in [-0.05, 0) is 28.1 Å². The summed E-state index contributed by atoms with van der Waals surface area (Å²) in [5, 5.41) is 3.29. The molecule has 2 rings (SSSR count). The Morgan fingerprint density at radius 1 is 1.14 bits per heavy atom. The maximum absolute atomic E-state index is 5.38. The number of benzene rings is 1. The Kier molecular flexibility index (Phi) is 5.38. The van der Waals surface area contributed by atoms with E-state index in [1.165, 1.54) is 0 Å². The highest BCUT2D eigenvalue weighted by atomic mass is 79.9. The van der Waals surface area contributed by atoms with Gasteiger partial charge in [0.2, 0.25) is 0 Å². The van der Waals surface area contributed by atoms with Crippen LogP contribution in [0.2, 0.25) is 0 Å². The number of anilines is 1. The normalized spacial score (nSPS) is 10.3. The van der Waals surface area contributed by atoms with Crippen LogP contribution in [0, 0.1) is 0 Å². The number of nitrogens with zero attached hydrogens (tertiary/aromatic N) is 2. The van der Waals surface area contributed by atoms with Gasteiger partial charge in [-0.1, -0.05) is 6.92 Å². The molecule has 0 aliphatic carbocycles. The Morgan fingerprint density at radius 2 is 1.95 bits per heavy atom. The molecule has 0 aliphatic heterocycles. The van der Waals surface area contributed by atoms with Crippen molar-refractivity contribution in [3.05, 3.63) is 40.3 Å². The second-order valence-corrected chi connectivity index (χ2v) is 5.19. The molecule has 0 bridgehead atoms. The lowest BCUT2D eigenvalue weighted by Crippen LogP contribution is -2.05. The highest BCUT2D eigenvalue weighted by Crippen LogP contribution is 2.25. The van der Waals surface area contributed by atoms with Crippen LogP contribution in [0.1, 0.15) is 18.3 Å². The molecule has 2 aromatic rings. The molecule has 1 aromatic heterocycles. The largest absolute Gasteiger partial charge is 0.497 e. The van der Waals surface area contributed by atoms with E-state index in [1.807, 2.05) is 31.2 Å². The van der Waals surface area contributed by atoms with Crippen molar-refractivity contribution in [3.8, 4) is 11.5 Å². The van der Waals surface area contributed by atoms with Gasteiger partial charge in [-0.25, -0.2) is 9.97 Å². The first-order valence-electron chi connectivity index (χ1n) is 6.64. The topological polar surface area (TPSA) is 56.3 Å². The predicted octanol–water partition coefficient (Wildman–Crippen LogP) is 3.43. The maximum atomic E-state index is 5.38. The zero-order valence-corrected chi connectivity index (χ0v) is 13.9. The third-order valence-electron chi connectivity index (χ3n) is 3.01. The summed E-state index contributed by atoms with van der Waals surface area (Å²) in [6.07, 6.45) is 0.792. The van der Waals surface area contributed by atoms with Crippen molar-refractivity contribution in [1.29, 1.82) is 0 Å². The molecule has 1 aromatic carbocycles. The van der Waals surface area contributed by atoms with Crippen LogP contribution in [0.15, 0.2) is 28.9 Å². The average molecular weight is 352 g/mol. The zero-order chi connectivity index (χ0) is 15.2. The maximum Gasteiger partial charge on any atom is 0.131 e. The number of hydrogen-bond donors (Lipinski definition) is 1. The van der Waals surface area contributed by atoms with E-state index < -0.39 is 0 Å². The van der Waals surface area contributed by atoms with Crippen molar-refractivity contribution in [2.75, 3.05) is 19.5 Å². The third-order valence-corrected chi connectivity index (χ3v) is 3.42. The summed E-state index contributed by atoms with van der Waals surface area (Å²) in [5.74, 6) is 3.14. The molecule has 0 saturated heterocycles. The molecule has 112 valence electrons. The highest BCUT2D eigenvalue weighted by Gasteiger charge is 2.06. The van der Waals surface area contributed by atoms with Crippen molar-refractivity contribution >= 4 is 21.7 Å². The molecule has 0 saturated carbocycles. The van der Waals surface area contributed by atoms with Crippen LogP contribution < -0.4 is 14.8 Å². The van der Waals surface area contributed by atoms with Gasteiger partial charge in [0.1, 0.15) is 27.7 Å². The van der Waals surface area contributed by atoms with Gasteiger partial charge in [0.05, 0.1) is 14.2 Å². The summed E-state index contributed by atoms with van der Waals surface area (Å²) >= 11 is 3.39. The van der Waals surface area contributed by atoms with E-state index in [0.29, 0.717) is 6.54 Å². The number of methoxy groups -OCH3 is 2. The number of aromatic nitrogens is 2. The number of aryl methyl sites for hydroxylation is 1. The molecular weight excluding hydrogens is 334 g/mol. The summed E-state index contributed by atoms with van der Waals surface area (Å²) in [5.41, 5.74) is 1.03. The van der Waals surface area contributed by atoms with E-state index >= 15 is 0 Å². The van der Waals surface area contributed by atoms with Crippen molar-refractivity contribution in [3.63, 3.8) is 0 Å². The fourth-order valence-electron chi connectivity index (χ4n) is 1.90. The van der Waals surface area contributed by atoms with Crippen molar-refractivity contribution < 1.29 is 9.47 Å².